The highest BCUT2D eigenvalue weighted by Crippen LogP contribution is 2.24. The van der Waals surface area contributed by atoms with Crippen molar-refractivity contribution in [3.8, 4) is 5.69 Å². The average Bonchev–Trinajstić information content (AvgIpc) is 3.34. The number of esters is 1. The van der Waals surface area contributed by atoms with Gasteiger partial charge in [0, 0.05) is 38.4 Å². The number of aliphatic hydroxyl groups excluding tert-OH is 1. The summed E-state index contributed by atoms with van der Waals surface area (Å²) in [6.07, 6.45) is 6.19. The van der Waals surface area contributed by atoms with Gasteiger partial charge in [0.15, 0.2) is 0 Å². The van der Waals surface area contributed by atoms with E-state index in [1.807, 2.05) is 10.6 Å². The molecule has 0 spiro atoms. The first kappa shape index (κ1) is 31.6. The predicted molar refractivity (Wildman–Crippen MR) is 153 cm³/mol. The number of ether oxygens (including phenoxy) is 1. The third-order valence-corrected chi connectivity index (χ3v) is 6.25. The Labute approximate surface area is 239 Å². The number of amides is 1. The fourth-order valence-corrected chi connectivity index (χ4v) is 4.56. The summed E-state index contributed by atoms with van der Waals surface area (Å²) in [4.78, 5) is 27.6. The lowest BCUT2D eigenvalue weighted by molar-refractivity contribution is -0.134. The normalized spacial score (nSPS) is 13.3. The van der Waals surface area contributed by atoms with Crippen LogP contribution in [-0.2, 0) is 33.7 Å². The van der Waals surface area contributed by atoms with Crippen molar-refractivity contribution in [1.29, 1.82) is 0 Å². The number of aliphatic hydroxyl groups is 1. The fraction of sp³-hybridized carbons (Fsp3) is 0.387. The molecule has 1 heterocycles. The number of rotatable bonds is 12. The van der Waals surface area contributed by atoms with Gasteiger partial charge in [0.05, 0.1) is 37.0 Å². The van der Waals surface area contributed by atoms with Gasteiger partial charge >= 0.3 is 5.97 Å². The van der Waals surface area contributed by atoms with Gasteiger partial charge in [0.25, 0.3) is 0 Å². The smallest absolute Gasteiger partial charge is 0.330 e. The minimum Gasteiger partial charge on any atom is -0.466 e. The first-order valence-electron chi connectivity index (χ1n) is 13.4. The maximum Gasteiger partial charge on any atom is 0.330 e. The maximum absolute atomic E-state index is 13.7. The molecule has 220 valence electrons. The highest BCUT2D eigenvalue weighted by molar-refractivity contribution is 5.86. The topological polar surface area (TPSA) is 105 Å². The SMILES string of the molecule is COC(=O)C=Cc1cn(-c2ccc(CC(C)(C)C)cc2CNCC(O)C(Cc2cc(F)cc(F)c2)NC(C)=O)cn1. The van der Waals surface area contributed by atoms with Gasteiger partial charge in [0.2, 0.25) is 5.91 Å². The van der Waals surface area contributed by atoms with E-state index in [9.17, 15) is 23.5 Å². The van der Waals surface area contributed by atoms with Crippen molar-refractivity contribution in [1.82, 2.24) is 20.2 Å². The largest absolute Gasteiger partial charge is 0.466 e. The average molecular weight is 569 g/mol. The van der Waals surface area contributed by atoms with Crippen LogP contribution < -0.4 is 10.6 Å². The summed E-state index contributed by atoms with van der Waals surface area (Å²) in [7, 11) is 1.31. The molecule has 0 bridgehead atoms. The summed E-state index contributed by atoms with van der Waals surface area (Å²) in [5.74, 6) is -2.28. The molecule has 0 aliphatic rings. The number of carbonyl (C=O) groups is 2. The first-order chi connectivity index (χ1) is 19.3. The van der Waals surface area contributed by atoms with Gasteiger partial charge in [-0.05, 0) is 59.2 Å². The van der Waals surface area contributed by atoms with Crippen molar-refractivity contribution >= 4 is 18.0 Å². The summed E-state index contributed by atoms with van der Waals surface area (Å²) < 4.78 is 33.9. The quantitative estimate of drug-likeness (QED) is 0.224. The molecule has 2 unspecified atom stereocenters. The first-order valence-corrected chi connectivity index (χ1v) is 13.4. The number of imidazole rings is 1. The van der Waals surface area contributed by atoms with Gasteiger partial charge < -0.3 is 25.0 Å². The molecular weight excluding hydrogens is 530 g/mol. The fourth-order valence-electron chi connectivity index (χ4n) is 4.56. The van der Waals surface area contributed by atoms with E-state index in [0.29, 0.717) is 17.8 Å². The third-order valence-electron chi connectivity index (χ3n) is 6.25. The number of hydrogen-bond acceptors (Lipinski definition) is 6. The molecule has 10 heteroatoms. The van der Waals surface area contributed by atoms with Crippen molar-refractivity contribution < 1.29 is 28.2 Å². The molecule has 1 amide bonds. The number of carbonyl (C=O) groups excluding carboxylic acids is 2. The molecule has 41 heavy (non-hydrogen) atoms. The number of halogens is 2. The predicted octanol–water partition coefficient (Wildman–Crippen LogP) is 4.12. The van der Waals surface area contributed by atoms with Crippen LogP contribution >= 0.6 is 0 Å². The van der Waals surface area contributed by atoms with Crippen LogP contribution in [0.5, 0.6) is 0 Å². The summed E-state index contributed by atoms with van der Waals surface area (Å²) in [6, 6.07) is 8.56. The van der Waals surface area contributed by atoms with Crippen molar-refractivity contribution in [3.63, 3.8) is 0 Å². The standard InChI is InChI=1S/C31H38F2N4O4/c1-20(38)36-27(13-22-11-24(32)14-25(33)12-22)29(39)17-34-16-23-10-21(15-31(2,3)4)6-8-28(23)37-18-26(35-19-37)7-9-30(40)41-5/h6-12,14,18-19,27,29,34,39H,13,15-17H2,1-5H3,(H,36,38). The Morgan fingerprint density at radius 3 is 2.46 bits per heavy atom. The van der Waals surface area contributed by atoms with Gasteiger partial charge in [-0.25, -0.2) is 18.6 Å². The van der Waals surface area contributed by atoms with Crippen molar-refractivity contribution in [2.75, 3.05) is 13.7 Å². The Bertz CT molecular complexity index is 1360. The van der Waals surface area contributed by atoms with E-state index in [0.717, 1.165) is 29.3 Å². The van der Waals surface area contributed by atoms with E-state index in [2.05, 4.69) is 53.3 Å². The maximum atomic E-state index is 13.7. The molecular formula is C31H38F2N4O4. The number of hydrogen-bond donors (Lipinski definition) is 3. The molecule has 2 aromatic carbocycles. The zero-order chi connectivity index (χ0) is 30.2. The Kier molecular flexibility index (Phi) is 10.9. The lowest BCUT2D eigenvalue weighted by Crippen LogP contribution is -2.48. The third kappa shape index (κ3) is 10.2. The molecule has 3 rings (SSSR count). The van der Waals surface area contributed by atoms with Crippen LogP contribution in [0.15, 0.2) is 55.0 Å². The lowest BCUT2D eigenvalue weighted by Gasteiger charge is -2.25. The molecule has 2 atom stereocenters. The van der Waals surface area contributed by atoms with Gasteiger partial charge in [-0.2, -0.15) is 0 Å². The number of aromatic nitrogens is 2. The molecule has 3 aromatic rings. The molecule has 8 nitrogen and oxygen atoms in total. The van der Waals surface area contributed by atoms with Crippen LogP contribution in [0.1, 0.15) is 50.1 Å². The summed E-state index contributed by atoms with van der Waals surface area (Å²) >= 11 is 0. The monoisotopic (exact) mass is 568 g/mol. The van der Waals surface area contributed by atoms with E-state index in [1.165, 1.54) is 32.2 Å². The number of methoxy groups -OCH3 is 1. The van der Waals surface area contributed by atoms with Gasteiger partial charge in [-0.15, -0.1) is 0 Å². The summed E-state index contributed by atoms with van der Waals surface area (Å²) in [5, 5.41) is 16.9. The van der Waals surface area contributed by atoms with Crippen LogP contribution in [0.4, 0.5) is 8.78 Å². The zero-order valence-corrected chi connectivity index (χ0v) is 24.1. The lowest BCUT2D eigenvalue weighted by atomic mass is 9.87. The summed E-state index contributed by atoms with van der Waals surface area (Å²) in [5.41, 5.74) is 3.94. The molecule has 1 aromatic heterocycles. The van der Waals surface area contributed by atoms with Crippen molar-refractivity contribution in [2.24, 2.45) is 5.41 Å². The molecule has 0 saturated carbocycles. The highest BCUT2D eigenvalue weighted by atomic mass is 19.1. The zero-order valence-electron chi connectivity index (χ0n) is 24.1. The van der Waals surface area contributed by atoms with Crippen molar-refractivity contribution in [3.05, 3.63) is 89.0 Å². The van der Waals surface area contributed by atoms with Crippen LogP contribution in [0.2, 0.25) is 0 Å². The molecule has 0 radical (unpaired) electrons. The molecule has 0 aliphatic heterocycles. The van der Waals surface area contributed by atoms with Gasteiger partial charge in [-0.3, -0.25) is 4.79 Å². The van der Waals surface area contributed by atoms with Crippen LogP contribution in [0.3, 0.4) is 0 Å². The second-order valence-electron chi connectivity index (χ2n) is 11.2. The second kappa shape index (κ2) is 14.1. The molecule has 0 aliphatic carbocycles. The van der Waals surface area contributed by atoms with E-state index in [4.69, 9.17) is 0 Å². The summed E-state index contributed by atoms with van der Waals surface area (Å²) in [6.45, 7) is 8.32. The Balaban J connectivity index is 1.79. The second-order valence-corrected chi connectivity index (χ2v) is 11.2. The van der Waals surface area contributed by atoms with Gasteiger partial charge in [-0.1, -0.05) is 32.9 Å². The van der Waals surface area contributed by atoms with E-state index in [1.54, 1.807) is 18.6 Å². The van der Waals surface area contributed by atoms with E-state index >= 15 is 0 Å². The number of benzene rings is 2. The van der Waals surface area contributed by atoms with Crippen molar-refractivity contribution in [2.45, 2.75) is 59.2 Å². The highest BCUT2D eigenvalue weighted by Gasteiger charge is 2.22. The molecule has 3 N–H and O–H groups in total. The van der Waals surface area contributed by atoms with E-state index < -0.39 is 29.7 Å². The number of nitrogens with one attached hydrogen (secondary N) is 2. The van der Waals surface area contributed by atoms with Crippen LogP contribution in [0.25, 0.3) is 11.8 Å². The molecule has 0 fully saturated rings. The van der Waals surface area contributed by atoms with E-state index in [-0.39, 0.29) is 24.3 Å². The molecule has 0 saturated heterocycles. The number of nitrogens with zero attached hydrogens (tertiary/aromatic N) is 2. The minimum absolute atomic E-state index is 0.0559. The van der Waals surface area contributed by atoms with Crippen LogP contribution in [-0.4, -0.2) is 52.3 Å². The Morgan fingerprint density at radius 2 is 1.83 bits per heavy atom. The Morgan fingerprint density at radius 1 is 1.12 bits per heavy atom. The van der Waals surface area contributed by atoms with Gasteiger partial charge in [0.1, 0.15) is 11.6 Å². The Hall–Kier alpha value is -3.89. The van der Waals surface area contributed by atoms with Crippen LogP contribution in [0, 0.1) is 17.0 Å². The minimum atomic E-state index is -1.03.